The molecule has 1 aliphatic heterocycles. The van der Waals surface area contributed by atoms with E-state index in [4.69, 9.17) is 0 Å². The Morgan fingerprint density at radius 2 is 1.93 bits per heavy atom. The maximum absolute atomic E-state index is 12.3. The molecule has 3 rings (SSSR count). The average molecular weight is 383 g/mol. The molecule has 2 heterocycles. The Labute approximate surface area is 165 Å². The molecule has 7 nitrogen and oxygen atoms in total. The molecule has 0 saturated carbocycles. The summed E-state index contributed by atoms with van der Waals surface area (Å²) >= 11 is 0. The van der Waals surface area contributed by atoms with Gasteiger partial charge in [-0.2, -0.15) is 0 Å². The lowest BCUT2D eigenvalue weighted by Crippen LogP contribution is -2.39. The van der Waals surface area contributed by atoms with Crippen molar-refractivity contribution in [2.45, 2.75) is 59.9 Å². The van der Waals surface area contributed by atoms with Crippen LogP contribution in [0.4, 0.5) is 5.69 Å². The van der Waals surface area contributed by atoms with Crippen LogP contribution in [-0.2, 0) is 22.6 Å². The highest BCUT2D eigenvalue weighted by Crippen LogP contribution is 2.27. The van der Waals surface area contributed by atoms with Gasteiger partial charge in [-0.25, -0.2) is 0 Å². The van der Waals surface area contributed by atoms with Gasteiger partial charge >= 0.3 is 0 Å². The van der Waals surface area contributed by atoms with E-state index in [0.29, 0.717) is 0 Å². The van der Waals surface area contributed by atoms with E-state index in [9.17, 15) is 9.59 Å². The van der Waals surface area contributed by atoms with Crippen LogP contribution in [0, 0.1) is 12.3 Å². The van der Waals surface area contributed by atoms with Gasteiger partial charge in [0.25, 0.3) is 0 Å². The van der Waals surface area contributed by atoms with Crippen LogP contribution in [0.15, 0.2) is 18.2 Å². The molecule has 0 unspecified atom stereocenters. The molecule has 0 fully saturated rings. The minimum atomic E-state index is -0.526. The highest BCUT2D eigenvalue weighted by Gasteiger charge is 2.22. The van der Waals surface area contributed by atoms with Crippen molar-refractivity contribution in [2.75, 3.05) is 11.9 Å². The molecule has 0 spiro atoms. The van der Waals surface area contributed by atoms with Crippen LogP contribution in [0.3, 0.4) is 0 Å². The van der Waals surface area contributed by atoms with E-state index >= 15 is 0 Å². The number of carbonyl (C=O) groups excluding carboxylic acids is 2. The van der Waals surface area contributed by atoms with E-state index in [2.05, 4.69) is 25.4 Å². The fourth-order valence-electron chi connectivity index (χ4n) is 3.21. The van der Waals surface area contributed by atoms with Crippen molar-refractivity contribution in [3.05, 3.63) is 29.6 Å². The van der Waals surface area contributed by atoms with E-state index in [-0.39, 0.29) is 18.4 Å². The fraction of sp³-hybridized carbons (Fsp3) is 0.524. The number of aromatic nitrogens is 3. The SMILES string of the molecule is Cc1ccc(-c2nnc3n2CCCCC3)cc1NC(=O)CNC(=O)C(C)(C)C. The minimum Gasteiger partial charge on any atom is -0.347 e. The summed E-state index contributed by atoms with van der Waals surface area (Å²) < 4.78 is 2.19. The van der Waals surface area contributed by atoms with Crippen molar-refractivity contribution in [1.82, 2.24) is 20.1 Å². The van der Waals surface area contributed by atoms with E-state index < -0.39 is 5.41 Å². The fourth-order valence-corrected chi connectivity index (χ4v) is 3.21. The predicted octanol–water partition coefficient (Wildman–Crippen LogP) is 3.08. The quantitative estimate of drug-likeness (QED) is 0.849. The van der Waals surface area contributed by atoms with Crippen molar-refractivity contribution < 1.29 is 9.59 Å². The third kappa shape index (κ3) is 4.58. The molecule has 2 aromatic rings. The van der Waals surface area contributed by atoms with Gasteiger partial charge in [0.2, 0.25) is 11.8 Å². The first kappa shape index (κ1) is 20.0. The zero-order valence-corrected chi connectivity index (χ0v) is 17.1. The standard InChI is InChI=1S/C21H29N5O2/c1-14-9-10-15(19-25-24-17-8-6-5-7-11-26(17)19)12-16(14)23-18(27)13-22-20(28)21(2,3)4/h9-10,12H,5-8,11,13H2,1-4H3,(H,22,28)(H,23,27). The summed E-state index contributed by atoms with van der Waals surface area (Å²) in [7, 11) is 0. The van der Waals surface area contributed by atoms with E-state index in [1.165, 1.54) is 6.42 Å². The second kappa shape index (κ2) is 8.12. The van der Waals surface area contributed by atoms with Crippen molar-refractivity contribution in [3.63, 3.8) is 0 Å². The van der Waals surface area contributed by atoms with Crippen LogP contribution in [0.2, 0.25) is 0 Å². The molecule has 28 heavy (non-hydrogen) atoms. The Bertz CT molecular complexity index is 879. The van der Waals surface area contributed by atoms with Crippen LogP contribution in [0.5, 0.6) is 0 Å². The smallest absolute Gasteiger partial charge is 0.243 e. The molecule has 0 radical (unpaired) electrons. The first-order valence-corrected chi connectivity index (χ1v) is 9.87. The number of amides is 2. The lowest BCUT2D eigenvalue weighted by Gasteiger charge is -2.17. The normalized spacial score (nSPS) is 14.1. The lowest BCUT2D eigenvalue weighted by atomic mass is 9.96. The highest BCUT2D eigenvalue weighted by molar-refractivity contribution is 5.96. The Balaban J connectivity index is 1.75. The number of anilines is 1. The molecule has 7 heteroatoms. The van der Waals surface area contributed by atoms with Crippen LogP contribution in [0.1, 0.15) is 51.4 Å². The number of hydrogen-bond donors (Lipinski definition) is 2. The maximum Gasteiger partial charge on any atom is 0.243 e. The number of fused-ring (bicyclic) bond motifs is 1. The van der Waals surface area contributed by atoms with Crippen LogP contribution >= 0.6 is 0 Å². The number of nitrogens with zero attached hydrogens (tertiary/aromatic N) is 3. The number of rotatable bonds is 4. The van der Waals surface area contributed by atoms with Gasteiger partial charge in [-0.15, -0.1) is 10.2 Å². The van der Waals surface area contributed by atoms with E-state index in [0.717, 1.165) is 54.3 Å². The Hall–Kier alpha value is -2.70. The largest absolute Gasteiger partial charge is 0.347 e. The first-order chi connectivity index (χ1) is 13.3. The summed E-state index contributed by atoms with van der Waals surface area (Å²) in [6.07, 6.45) is 4.43. The third-order valence-electron chi connectivity index (χ3n) is 4.97. The lowest BCUT2D eigenvalue weighted by molar-refractivity contribution is -0.130. The monoisotopic (exact) mass is 383 g/mol. The van der Waals surface area contributed by atoms with Gasteiger partial charge in [-0.3, -0.25) is 9.59 Å². The third-order valence-corrected chi connectivity index (χ3v) is 4.97. The molecule has 2 amide bonds. The summed E-state index contributed by atoms with van der Waals surface area (Å²) in [6, 6.07) is 5.91. The van der Waals surface area contributed by atoms with Crippen LogP contribution in [0.25, 0.3) is 11.4 Å². The predicted molar refractivity (Wildman–Crippen MR) is 109 cm³/mol. The van der Waals surface area contributed by atoms with Gasteiger partial charge in [0.1, 0.15) is 5.82 Å². The molecule has 150 valence electrons. The molecule has 0 aliphatic carbocycles. The average Bonchev–Trinajstić information content (AvgIpc) is 2.89. The van der Waals surface area contributed by atoms with Crippen molar-refractivity contribution >= 4 is 17.5 Å². The zero-order chi connectivity index (χ0) is 20.3. The van der Waals surface area contributed by atoms with Gasteiger partial charge in [0, 0.05) is 29.6 Å². The Morgan fingerprint density at radius 1 is 1.14 bits per heavy atom. The molecule has 1 aliphatic rings. The molecule has 2 N–H and O–H groups in total. The Kier molecular flexibility index (Phi) is 5.82. The minimum absolute atomic E-state index is 0.0555. The van der Waals surface area contributed by atoms with Gasteiger partial charge in [-0.05, 0) is 31.4 Å². The number of benzene rings is 1. The van der Waals surface area contributed by atoms with Crippen LogP contribution < -0.4 is 10.6 Å². The van der Waals surface area contributed by atoms with Crippen molar-refractivity contribution in [3.8, 4) is 11.4 Å². The summed E-state index contributed by atoms with van der Waals surface area (Å²) in [4.78, 5) is 24.3. The van der Waals surface area contributed by atoms with E-state index in [1.807, 2.05) is 45.9 Å². The first-order valence-electron chi connectivity index (χ1n) is 9.87. The number of nitrogens with one attached hydrogen (secondary N) is 2. The number of hydrogen-bond acceptors (Lipinski definition) is 4. The second-order valence-corrected chi connectivity index (χ2v) is 8.41. The Morgan fingerprint density at radius 3 is 2.68 bits per heavy atom. The second-order valence-electron chi connectivity index (χ2n) is 8.41. The van der Waals surface area contributed by atoms with Gasteiger partial charge < -0.3 is 15.2 Å². The molecule has 1 aromatic heterocycles. The highest BCUT2D eigenvalue weighted by atomic mass is 16.2. The zero-order valence-electron chi connectivity index (χ0n) is 17.1. The molecule has 1 aromatic carbocycles. The van der Waals surface area contributed by atoms with Crippen molar-refractivity contribution in [1.29, 1.82) is 0 Å². The summed E-state index contributed by atoms with van der Waals surface area (Å²) in [5, 5.41) is 14.3. The van der Waals surface area contributed by atoms with E-state index in [1.54, 1.807) is 0 Å². The van der Waals surface area contributed by atoms with Crippen LogP contribution in [-0.4, -0.2) is 33.1 Å². The summed E-state index contributed by atoms with van der Waals surface area (Å²) in [5.74, 6) is 1.47. The molecule has 0 bridgehead atoms. The summed E-state index contributed by atoms with van der Waals surface area (Å²) in [5.41, 5.74) is 2.08. The number of aryl methyl sites for hydroxylation is 2. The topological polar surface area (TPSA) is 88.9 Å². The molecular weight excluding hydrogens is 354 g/mol. The molecule has 0 saturated heterocycles. The van der Waals surface area contributed by atoms with Crippen molar-refractivity contribution in [2.24, 2.45) is 5.41 Å². The van der Waals surface area contributed by atoms with Gasteiger partial charge in [-0.1, -0.05) is 39.3 Å². The summed E-state index contributed by atoms with van der Waals surface area (Å²) in [6.45, 7) is 8.25. The maximum atomic E-state index is 12.3. The molecular formula is C21H29N5O2. The molecule has 0 atom stereocenters. The van der Waals surface area contributed by atoms with Gasteiger partial charge in [0.15, 0.2) is 5.82 Å². The van der Waals surface area contributed by atoms with Gasteiger partial charge in [0.05, 0.1) is 6.54 Å². The number of carbonyl (C=O) groups is 2.